The number of nitrogens with zero attached hydrogens (tertiary/aromatic N) is 1. The first kappa shape index (κ1) is 9.15. The third kappa shape index (κ3) is 2.29. The van der Waals surface area contributed by atoms with E-state index in [1.165, 1.54) is 23.5 Å². The lowest BCUT2D eigenvalue weighted by Gasteiger charge is -2.02. The minimum atomic E-state index is -0.264. The first-order valence-corrected chi connectivity index (χ1v) is 4.91. The molecular formula is C10H7FNOS. The second-order valence-corrected chi connectivity index (χ2v) is 3.56. The van der Waals surface area contributed by atoms with Crippen molar-refractivity contribution in [1.82, 2.24) is 4.98 Å². The van der Waals surface area contributed by atoms with Gasteiger partial charge in [-0.25, -0.2) is 9.37 Å². The zero-order chi connectivity index (χ0) is 9.80. The van der Waals surface area contributed by atoms with Crippen molar-refractivity contribution in [3.05, 3.63) is 46.7 Å². The number of hydrogen-bond acceptors (Lipinski definition) is 3. The number of rotatable bonds is 3. The second-order valence-electron chi connectivity index (χ2n) is 2.61. The molecule has 0 N–H and O–H groups in total. The molecule has 0 unspecified atom stereocenters. The van der Waals surface area contributed by atoms with Crippen LogP contribution in [-0.2, 0) is 6.61 Å². The van der Waals surface area contributed by atoms with Crippen molar-refractivity contribution in [2.75, 3.05) is 0 Å². The summed E-state index contributed by atoms with van der Waals surface area (Å²) >= 11 is 1.48. The van der Waals surface area contributed by atoms with Crippen LogP contribution >= 0.6 is 11.3 Å². The highest BCUT2D eigenvalue weighted by Gasteiger charge is 1.97. The van der Waals surface area contributed by atoms with E-state index in [-0.39, 0.29) is 5.82 Å². The van der Waals surface area contributed by atoms with E-state index in [2.05, 4.69) is 11.2 Å². The minimum Gasteiger partial charge on any atom is -0.486 e. The van der Waals surface area contributed by atoms with Crippen molar-refractivity contribution in [3.8, 4) is 5.75 Å². The molecule has 1 radical (unpaired) electrons. The molecule has 0 amide bonds. The van der Waals surface area contributed by atoms with Crippen LogP contribution in [0.3, 0.4) is 0 Å². The average Bonchev–Trinajstić information content (AvgIpc) is 2.70. The molecule has 14 heavy (non-hydrogen) atoms. The van der Waals surface area contributed by atoms with E-state index in [1.54, 1.807) is 17.5 Å². The maximum atomic E-state index is 12.5. The molecule has 4 heteroatoms. The van der Waals surface area contributed by atoms with Gasteiger partial charge in [0.15, 0.2) is 0 Å². The van der Waals surface area contributed by atoms with Crippen LogP contribution in [0.25, 0.3) is 0 Å². The number of ether oxygens (including phenoxy) is 1. The van der Waals surface area contributed by atoms with Gasteiger partial charge in [-0.3, -0.25) is 0 Å². The lowest BCUT2D eigenvalue weighted by atomic mass is 10.3. The molecule has 1 aromatic carbocycles. The highest BCUT2D eigenvalue weighted by Crippen LogP contribution is 2.13. The van der Waals surface area contributed by atoms with Gasteiger partial charge in [-0.2, -0.15) is 0 Å². The molecule has 0 bridgehead atoms. The Labute approximate surface area is 85.0 Å². The van der Waals surface area contributed by atoms with E-state index in [0.29, 0.717) is 12.4 Å². The van der Waals surface area contributed by atoms with Crippen LogP contribution in [0.4, 0.5) is 4.39 Å². The number of benzene rings is 1. The van der Waals surface area contributed by atoms with Gasteiger partial charge in [-0.15, -0.1) is 11.3 Å². The zero-order valence-electron chi connectivity index (χ0n) is 7.24. The highest BCUT2D eigenvalue weighted by molar-refractivity contribution is 7.09. The Morgan fingerprint density at radius 3 is 2.79 bits per heavy atom. The van der Waals surface area contributed by atoms with Gasteiger partial charge < -0.3 is 4.74 Å². The number of aromatic nitrogens is 1. The van der Waals surface area contributed by atoms with Gasteiger partial charge in [0.25, 0.3) is 0 Å². The molecule has 0 aliphatic rings. The topological polar surface area (TPSA) is 22.1 Å². The standard InChI is InChI=1S/C10H7FNOS/c11-8-1-3-9(4-2-8)13-7-10-12-5-6-14-10/h1-4,6H,7H2. The molecule has 2 rings (SSSR count). The molecule has 2 aromatic rings. The molecule has 0 saturated heterocycles. The van der Waals surface area contributed by atoms with Gasteiger partial charge >= 0.3 is 0 Å². The lowest BCUT2D eigenvalue weighted by Crippen LogP contribution is -1.94. The molecule has 1 heterocycles. The fourth-order valence-corrected chi connectivity index (χ4v) is 1.44. The molecule has 0 aliphatic carbocycles. The van der Waals surface area contributed by atoms with Crippen LogP contribution in [0.1, 0.15) is 5.01 Å². The van der Waals surface area contributed by atoms with Crippen molar-refractivity contribution in [1.29, 1.82) is 0 Å². The maximum Gasteiger partial charge on any atom is 0.140 e. The SMILES string of the molecule is Fc1ccc(OCc2n[c]cs2)cc1. The molecule has 71 valence electrons. The molecule has 0 saturated carbocycles. The van der Waals surface area contributed by atoms with E-state index < -0.39 is 0 Å². The quantitative estimate of drug-likeness (QED) is 0.773. The van der Waals surface area contributed by atoms with Gasteiger partial charge in [0.05, 0.1) is 0 Å². The van der Waals surface area contributed by atoms with E-state index in [0.717, 1.165) is 5.01 Å². The smallest absolute Gasteiger partial charge is 0.140 e. The highest BCUT2D eigenvalue weighted by atomic mass is 32.1. The Bertz CT molecular complexity index is 385. The van der Waals surface area contributed by atoms with Crippen molar-refractivity contribution in [2.24, 2.45) is 0 Å². The van der Waals surface area contributed by atoms with Crippen molar-refractivity contribution < 1.29 is 9.13 Å². The Balaban J connectivity index is 1.95. The van der Waals surface area contributed by atoms with Crippen molar-refractivity contribution in [2.45, 2.75) is 6.61 Å². The van der Waals surface area contributed by atoms with Crippen LogP contribution in [-0.4, -0.2) is 4.98 Å². The van der Waals surface area contributed by atoms with E-state index in [4.69, 9.17) is 4.74 Å². The zero-order valence-corrected chi connectivity index (χ0v) is 8.05. The van der Waals surface area contributed by atoms with Crippen LogP contribution in [0.15, 0.2) is 29.6 Å². The first-order valence-electron chi connectivity index (χ1n) is 4.03. The van der Waals surface area contributed by atoms with Gasteiger partial charge in [0.1, 0.15) is 29.4 Å². The normalized spacial score (nSPS) is 10.1. The molecule has 0 spiro atoms. The fraction of sp³-hybridized carbons (Fsp3) is 0.100. The molecule has 0 fully saturated rings. The molecule has 0 atom stereocenters. The Kier molecular flexibility index (Phi) is 2.74. The van der Waals surface area contributed by atoms with Gasteiger partial charge in [-0.05, 0) is 24.3 Å². The summed E-state index contributed by atoms with van der Waals surface area (Å²) in [7, 11) is 0. The van der Waals surface area contributed by atoms with E-state index in [1.807, 2.05) is 0 Å². The van der Waals surface area contributed by atoms with Crippen LogP contribution in [0, 0.1) is 12.0 Å². The molecule has 0 aliphatic heterocycles. The summed E-state index contributed by atoms with van der Waals surface area (Å²) in [4.78, 5) is 3.94. The Morgan fingerprint density at radius 1 is 1.36 bits per heavy atom. The minimum absolute atomic E-state index is 0.264. The Hall–Kier alpha value is -1.42. The summed E-state index contributed by atoms with van der Waals surface area (Å²) in [6.45, 7) is 0.403. The second kappa shape index (κ2) is 4.19. The van der Waals surface area contributed by atoms with E-state index in [9.17, 15) is 4.39 Å². The van der Waals surface area contributed by atoms with Gasteiger partial charge in [-0.1, -0.05) is 0 Å². The van der Waals surface area contributed by atoms with Gasteiger partial charge in [0, 0.05) is 5.38 Å². The number of halogens is 1. The summed E-state index contributed by atoms with van der Waals surface area (Å²) in [5.74, 6) is 0.376. The molecule has 1 aromatic heterocycles. The Morgan fingerprint density at radius 2 is 2.14 bits per heavy atom. The third-order valence-corrected chi connectivity index (χ3v) is 2.32. The first-order chi connectivity index (χ1) is 6.84. The predicted octanol–water partition coefficient (Wildman–Crippen LogP) is 2.66. The number of thiazole rings is 1. The average molecular weight is 208 g/mol. The predicted molar refractivity (Wildman–Crippen MR) is 51.7 cm³/mol. The monoisotopic (exact) mass is 208 g/mol. The largest absolute Gasteiger partial charge is 0.486 e. The molecular weight excluding hydrogens is 201 g/mol. The fourth-order valence-electron chi connectivity index (χ4n) is 0.961. The summed E-state index contributed by atoms with van der Waals surface area (Å²) in [5, 5.41) is 2.62. The van der Waals surface area contributed by atoms with Crippen LogP contribution in [0.2, 0.25) is 0 Å². The number of hydrogen-bond donors (Lipinski definition) is 0. The third-order valence-electron chi connectivity index (χ3n) is 1.61. The van der Waals surface area contributed by atoms with Crippen LogP contribution in [0.5, 0.6) is 5.75 Å². The molecule has 2 nitrogen and oxygen atoms in total. The van der Waals surface area contributed by atoms with E-state index >= 15 is 0 Å². The summed E-state index contributed by atoms with van der Waals surface area (Å²) in [6.07, 6.45) is 2.70. The summed E-state index contributed by atoms with van der Waals surface area (Å²) in [6, 6.07) is 5.91. The maximum absolute atomic E-state index is 12.5. The van der Waals surface area contributed by atoms with Crippen molar-refractivity contribution >= 4 is 11.3 Å². The lowest BCUT2D eigenvalue weighted by molar-refractivity contribution is 0.305. The summed E-state index contributed by atoms with van der Waals surface area (Å²) in [5.41, 5.74) is 0. The van der Waals surface area contributed by atoms with Crippen molar-refractivity contribution in [3.63, 3.8) is 0 Å². The van der Waals surface area contributed by atoms with Crippen LogP contribution < -0.4 is 4.74 Å². The van der Waals surface area contributed by atoms with Gasteiger partial charge in [0.2, 0.25) is 0 Å². The summed E-state index contributed by atoms with van der Waals surface area (Å²) < 4.78 is 17.9.